The highest BCUT2D eigenvalue weighted by Crippen LogP contribution is 2.51. The molecule has 2 aliphatic heterocycles. The van der Waals surface area contributed by atoms with Gasteiger partial charge in [0.25, 0.3) is 0 Å². The molecule has 3 aliphatic rings. The molecule has 3 nitrogen and oxygen atoms in total. The third kappa shape index (κ3) is 3.15. The zero-order valence-corrected chi connectivity index (χ0v) is 19.8. The number of rotatable bonds is 4. The van der Waals surface area contributed by atoms with E-state index in [2.05, 4.69) is 143 Å². The summed E-state index contributed by atoms with van der Waals surface area (Å²) in [5.74, 6) is 0.419. The summed E-state index contributed by atoms with van der Waals surface area (Å²) in [5.41, 5.74) is 9.45. The quantitative estimate of drug-likeness (QED) is 0.250. The molecule has 4 aromatic rings. The number of anilines is 2. The van der Waals surface area contributed by atoms with Crippen LogP contribution in [0.25, 0.3) is 11.3 Å². The van der Waals surface area contributed by atoms with Crippen molar-refractivity contribution in [3.05, 3.63) is 138 Å². The van der Waals surface area contributed by atoms with Crippen LogP contribution in [0.5, 0.6) is 0 Å². The average molecular weight is 455 g/mol. The maximum absolute atomic E-state index is 2.50. The Balaban J connectivity index is 1.29. The molecule has 3 heterocycles. The van der Waals surface area contributed by atoms with Crippen LogP contribution in [-0.2, 0) is 0 Å². The van der Waals surface area contributed by atoms with Gasteiger partial charge in [-0.2, -0.15) is 4.57 Å². The molecule has 35 heavy (non-hydrogen) atoms. The fourth-order valence-corrected chi connectivity index (χ4v) is 6.12. The van der Waals surface area contributed by atoms with Crippen molar-refractivity contribution < 1.29 is 4.57 Å². The smallest absolute Gasteiger partial charge is 0.213 e. The van der Waals surface area contributed by atoms with Gasteiger partial charge in [0.05, 0.1) is 11.5 Å². The van der Waals surface area contributed by atoms with Crippen LogP contribution in [0, 0.1) is 6.92 Å². The number of hydrogen-bond donors (Lipinski definition) is 0. The molecule has 0 bridgehead atoms. The van der Waals surface area contributed by atoms with Crippen LogP contribution in [-0.4, -0.2) is 6.17 Å². The molecule has 1 aliphatic carbocycles. The molecule has 7 rings (SSSR count). The predicted molar refractivity (Wildman–Crippen MR) is 142 cm³/mol. The molecule has 3 aromatic carbocycles. The molecule has 0 N–H and O–H groups in total. The van der Waals surface area contributed by atoms with Gasteiger partial charge in [-0.25, -0.2) is 0 Å². The summed E-state index contributed by atoms with van der Waals surface area (Å²) in [6, 6.07) is 35.4. The van der Waals surface area contributed by atoms with Crippen molar-refractivity contribution >= 4 is 11.4 Å². The molecule has 3 heteroatoms. The van der Waals surface area contributed by atoms with Crippen LogP contribution >= 0.6 is 0 Å². The Morgan fingerprint density at radius 1 is 0.743 bits per heavy atom. The number of para-hydroxylation sites is 2. The number of aryl methyl sites for hydroxylation is 1. The van der Waals surface area contributed by atoms with Gasteiger partial charge < -0.3 is 9.80 Å². The van der Waals surface area contributed by atoms with Gasteiger partial charge in [0.15, 0.2) is 12.2 Å². The van der Waals surface area contributed by atoms with Crippen molar-refractivity contribution in [3.63, 3.8) is 0 Å². The van der Waals surface area contributed by atoms with Crippen molar-refractivity contribution in [2.75, 3.05) is 9.80 Å². The number of aromatic nitrogens is 1. The van der Waals surface area contributed by atoms with Gasteiger partial charge in [0.2, 0.25) is 5.69 Å². The lowest BCUT2D eigenvalue weighted by Crippen LogP contribution is -2.51. The molecular weight excluding hydrogens is 426 g/mol. The summed E-state index contributed by atoms with van der Waals surface area (Å²) in [6.07, 6.45) is 10.4. The van der Waals surface area contributed by atoms with E-state index >= 15 is 0 Å². The lowest BCUT2D eigenvalue weighted by Gasteiger charge is -2.41. The van der Waals surface area contributed by atoms with Crippen molar-refractivity contribution in [3.8, 4) is 11.3 Å². The van der Waals surface area contributed by atoms with E-state index < -0.39 is 0 Å². The molecule has 0 radical (unpaired) electrons. The lowest BCUT2D eigenvalue weighted by molar-refractivity contribution is -0.709. The Morgan fingerprint density at radius 2 is 1.49 bits per heavy atom. The standard InChI is InChI=1S/C32H28N3/c1-23-11-5-8-16-28(23)35-20-19-33(25-12-3-2-4-13-25)31(35)22-24-21-30-32(24)27-15-7-6-14-26(27)29-17-9-10-18-34(29)30/h2-21,30-32H,22H2,1H3/q+1. The second kappa shape index (κ2) is 7.99. The second-order valence-electron chi connectivity index (χ2n) is 9.71. The lowest BCUT2D eigenvalue weighted by atomic mass is 9.69. The first-order valence-electron chi connectivity index (χ1n) is 12.5. The summed E-state index contributed by atoms with van der Waals surface area (Å²) in [4.78, 5) is 4.88. The molecule has 3 atom stereocenters. The molecule has 170 valence electrons. The minimum atomic E-state index is 0.194. The fraction of sp³-hybridized carbons (Fsp3) is 0.156. The van der Waals surface area contributed by atoms with Crippen LogP contribution in [0.15, 0.2) is 127 Å². The van der Waals surface area contributed by atoms with Crippen LogP contribution in [0.1, 0.15) is 29.5 Å². The van der Waals surface area contributed by atoms with Crippen molar-refractivity contribution in [2.24, 2.45) is 0 Å². The van der Waals surface area contributed by atoms with Crippen LogP contribution in [0.4, 0.5) is 11.4 Å². The normalized spacial score (nSPS) is 21.6. The van der Waals surface area contributed by atoms with Gasteiger partial charge >= 0.3 is 0 Å². The fourth-order valence-electron chi connectivity index (χ4n) is 6.12. The zero-order chi connectivity index (χ0) is 23.4. The molecule has 0 saturated carbocycles. The maximum atomic E-state index is 2.50. The van der Waals surface area contributed by atoms with Crippen molar-refractivity contribution in [1.29, 1.82) is 0 Å². The van der Waals surface area contributed by atoms with Crippen LogP contribution in [0.3, 0.4) is 0 Å². The Labute approximate surface area is 206 Å². The first-order valence-corrected chi connectivity index (χ1v) is 12.5. The third-order valence-corrected chi connectivity index (χ3v) is 7.81. The Kier molecular flexibility index (Phi) is 4.63. The second-order valence-corrected chi connectivity index (χ2v) is 9.71. The van der Waals surface area contributed by atoms with Crippen LogP contribution < -0.4 is 14.4 Å². The molecule has 1 aromatic heterocycles. The van der Waals surface area contributed by atoms with Gasteiger partial charge in [0.1, 0.15) is 6.17 Å². The van der Waals surface area contributed by atoms with E-state index in [1.165, 1.54) is 39.3 Å². The van der Waals surface area contributed by atoms with Gasteiger partial charge in [-0.05, 0) is 60.0 Å². The highest BCUT2D eigenvalue weighted by atomic mass is 15.4. The number of hydrogen-bond acceptors (Lipinski definition) is 2. The number of benzene rings is 3. The minimum Gasteiger partial charge on any atom is -0.325 e. The Bertz CT molecular complexity index is 1470. The average Bonchev–Trinajstić information content (AvgIpc) is 3.31. The highest BCUT2D eigenvalue weighted by molar-refractivity contribution is 5.68. The van der Waals surface area contributed by atoms with E-state index in [0.717, 1.165) is 6.42 Å². The molecular formula is C32H28N3+. The summed E-state index contributed by atoms with van der Waals surface area (Å²) >= 11 is 0. The predicted octanol–water partition coefficient (Wildman–Crippen LogP) is 6.74. The Hall–Kier alpha value is -4.11. The van der Waals surface area contributed by atoms with E-state index in [-0.39, 0.29) is 6.17 Å². The molecule has 0 fully saturated rings. The van der Waals surface area contributed by atoms with E-state index in [1.807, 2.05) is 0 Å². The summed E-state index contributed by atoms with van der Waals surface area (Å²) in [7, 11) is 0. The SMILES string of the molecule is Cc1ccccc1N1C=CN(c2ccccc2)C1CC1=CC2C1c1ccccc1-c1cccc[n+]12. The van der Waals surface area contributed by atoms with Gasteiger partial charge in [0, 0.05) is 42.3 Å². The monoisotopic (exact) mass is 454 g/mol. The largest absolute Gasteiger partial charge is 0.325 e. The molecule has 0 amide bonds. The first-order chi connectivity index (χ1) is 17.3. The van der Waals surface area contributed by atoms with E-state index in [0.29, 0.717) is 12.0 Å². The van der Waals surface area contributed by atoms with Gasteiger partial charge in [-0.15, -0.1) is 0 Å². The topological polar surface area (TPSA) is 10.4 Å². The molecule has 0 saturated heterocycles. The molecule has 0 spiro atoms. The first kappa shape index (κ1) is 20.3. The number of pyridine rings is 1. The van der Waals surface area contributed by atoms with E-state index in [9.17, 15) is 0 Å². The molecule has 3 unspecified atom stereocenters. The number of nitrogens with zero attached hydrogens (tertiary/aromatic N) is 3. The maximum Gasteiger partial charge on any atom is 0.213 e. The third-order valence-electron chi connectivity index (χ3n) is 7.81. The van der Waals surface area contributed by atoms with E-state index in [1.54, 1.807) is 0 Å². The minimum absolute atomic E-state index is 0.194. The van der Waals surface area contributed by atoms with Crippen molar-refractivity contribution in [1.82, 2.24) is 0 Å². The highest BCUT2D eigenvalue weighted by Gasteiger charge is 2.48. The summed E-state index contributed by atoms with van der Waals surface area (Å²) in [5, 5.41) is 0. The van der Waals surface area contributed by atoms with Crippen molar-refractivity contribution in [2.45, 2.75) is 31.5 Å². The zero-order valence-electron chi connectivity index (χ0n) is 19.8. The summed E-state index contributed by atoms with van der Waals surface area (Å²) < 4.78 is 2.46. The van der Waals surface area contributed by atoms with Gasteiger partial charge in [-0.1, -0.05) is 54.6 Å². The number of fused-ring (bicyclic) bond motifs is 6. The van der Waals surface area contributed by atoms with Crippen LogP contribution in [0.2, 0.25) is 0 Å². The number of allylic oxidation sites excluding steroid dienone is 1. The Morgan fingerprint density at radius 3 is 2.37 bits per heavy atom. The summed E-state index contributed by atoms with van der Waals surface area (Å²) in [6.45, 7) is 2.20. The van der Waals surface area contributed by atoms with Gasteiger partial charge in [-0.3, -0.25) is 0 Å². The van der Waals surface area contributed by atoms with E-state index in [4.69, 9.17) is 0 Å².